The molecule has 0 aliphatic carbocycles. The Hall–Kier alpha value is -1.13. The van der Waals surface area contributed by atoms with Gasteiger partial charge in [-0.3, -0.25) is 0 Å². The molecule has 0 aliphatic rings. The second-order valence-electron chi connectivity index (χ2n) is 4.84. The van der Waals surface area contributed by atoms with Crippen molar-refractivity contribution in [2.75, 3.05) is 7.05 Å². The van der Waals surface area contributed by atoms with E-state index in [1.165, 1.54) is 11.1 Å². The van der Waals surface area contributed by atoms with Gasteiger partial charge in [0, 0.05) is 36.4 Å². The van der Waals surface area contributed by atoms with Gasteiger partial charge in [-0.05, 0) is 43.7 Å². The Labute approximate surface area is 123 Å². The lowest BCUT2D eigenvalue weighted by Crippen LogP contribution is -2.18. The average Bonchev–Trinajstić information content (AvgIpc) is 2.80. The molecule has 2 rings (SSSR count). The molecule has 102 valence electrons. The van der Waals surface area contributed by atoms with E-state index in [1.54, 1.807) is 0 Å². The summed E-state index contributed by atoms with van der Waals surface area (Å²) in [5.41, 5.74) is 2.67. The van der Waals surface area contributed by atoms with Crippen molar-refractivity contribution >= 4 is 15.9 Å². The molecule has 1 N–H and O–H groups in total. The van der Waals surface area contributed by atoms with Crippen LogP contribution in [0.3, 0.4) is 0 Å². The molecule has 1 unspecified atom stereocenters. The van der Waals surface area contributed by atoms with Crippen molar-refractivity contribution < 1.29 is 0 Å². The lowest BCUT2D eigenvalue weighted by atomic mass is 9.97. The van der Waals surface area contributed by atoms with Crippen LogP contribution in [-0.2, 0) is 13.5 Å². The van der Waals surface area contributed by atoms with Crippen LogP contribution in [0.15, 0.2) is 35.1 Å². The second-order valence-corrected chi connectivity index (χ2v) is 5.75. The van der Waals surface area contributed by atoms with Gasteiger partial charge in [0.1, 0.15) is 5.82 Å². The number of hydrogen-bond donors (Lipinski definition) is 1. The predicted molar refractivity (Wildman–Crippen MR) is 82.2 cm³/mol. The lowest BCUT2D eigenvalue weighted by Gasteiger charge is -2.19. The highest BCUT2D eigenvalue weighted by atomic mass is 79.9. The summed E-state index contributed by atoms with van der Waals surface area (Å²) in [6.07, 6.45) is 5.86. The minimum Gasteiger partial charge on any atom is -0.338 e. The molecular weight excluding hydrogens is 302 g/mol. The molecule has 1 aromatic carbocycles. The number of nitrogens with zero attached hydrogens (tertiary/aromatic N) is 2. The van der Waals surface area contributed by atoms with Gasteiger partial charge in [-0.2, -0.15) is 0 Å². The number of aromatic nitrogens is 2. The zero-order valence-corrected chi connectivity index (χ0v) is 13.2. The van der Waals surface area contributed by atoms with Gasteiger partial charge in [-0.25, -0.2) is 4.98 Å². The maximum absolute atomic E-state index is 4.38. The highest BCUT2D eigenvalue weighted by Crippen LogP contribution is 2.25. The maximum atomic E-state index is 4.38. The lowest BCUT2D eigenvalue weighted by molar-refractivity contribution is 0.533. The van der Waals surface area contributed by atoms with Crippen molar-refractivity contribution in [1.82, 2.24) is 14.9 Å². The van der Waals surface area contributed by atoms with Crippen LogP contribution in [-0.4, -0.2) is 16.6 Å². The van der Waals surface area contributed by atoms with E-state index in [9.17, 15) is 0 Å². The summed E-state index contributed by atoms with van der Waals surface area (Å²) in [6.45, 7) is 2.16. The minimum atomic E-state index is 0.356. The number of nitrogens with one attached hydrogen (secondary N) is 1. The fraction of sp³-hybridized carbons (Fsp3) is 0.400. The van der Waals surface area contributed by atoms with Crippen molar-refractivity contribution in [3.05, 3.63) is 52.0 Å². The largest absolute Gasteiger partial charge is 0.338 e. The van der Waals surface area contributed by atoms with Crippen LogP contribution in [0.1, 0.15) is 29.4 Å². The summed E-state index contributed by atoms with van der Waals surface area (Å²) in [5.74, 6) is 1.13. The first kappa shape index (κ1) is 14.3. The van der Waals surface area contributed by atoms with Gasteiger partial charge in [0.05, 0.1) is 0 Å². The van der Waals surface area contributed by atoms with Gasteiger partial charge < -0.3 is 9.88 Å². The van der Waals surface area contributed by atoms with E-state index < -0.39 is 0 Å². The molecule has 4 heteroatoms. The van der Waals surface area contributed by atoms with Gasteiger partial charge in [0.25, 0.3) is 0 Å². The van der Waals surface area contributed by atoms with Crippen LogP contribution in [0.2, 0.25) is 0 Å². The first-order chi connectivity index (χ1) is 9.11. The second kappa shape index (κ2) is 6.35. The van der Waals surface area contributed by atoms with Gasteiger partial charge in [-0.1, -0.05) is 22.0 Å². The fourth-order valence-corrected chi connectivity index (χ4v) is 2.73. The van der Waals surface area contributed by atoms with Crippen LogP contribution < -0.4 is 5.32 Å². The van der Waals surface area contributed by atoms with Gasteiger partial charge in [0.2, 0.25) is 0 Å². The van der Waals surface area contributed by atoms with E-state index in [-0.39, 0.29) is 0 Å². The molecule has 0 spiro atoms. The van der Waals surface area contributed by atoms with Gasteiger partial charge in [0.15, 0.2) is 0 Å². The molecule has 0 saturated heterocycles. The number of halogens is 1. The molecule has 0 aliphatic heterocycles. The van der Waals surface area contributed by atoms with Crippen LogP contribution in [0.4, 0.5) is 0 Å². The van der Waals surface area contributed by atoms with Crippen LogP contribution >= 0.6 is 15.9 Å². The number of rotatable bonds is 5. The third-order valence-electron chi connectivity index (χ3n) is 3.54. The van der Waals surface area contributed by atoms with Crippen molar-refractivity contribution in [1.29, 1.82) is 0 Å². The highest BCUT2D eigenvalue weighted by molar-refractivity contribution is 9.10. The minimum absolute atomic E-state index is 0.356. The Bertz CT molecular complexity index is 548. The third kappa shape index (κ3) is 3.45. The molecule has 3 nitrogen and oxygen atoms in total. The average molecular weight is 322 g/mol. The molecule has 1 atom stereocenters. The summed E-state index contributed by atoms with van der Waals surface area (Å²) in [4.78, 5) is 4.38. The van der Waals surface area contributed by atoms with Crippen LogP contribution in [0.5, 0.6) is 0 Å². The van der Waals surface area contributed by atoms with E-state index in [0.717, 1.165) is 23.1 Å². The van der Waals surface area contributed by atoms with Crippen molar-refractivity contribution in [3.8, 4) is 0 Å². The van der Waals surface area contributed by atoms with Gasteiger partial charge >= 0.3 is 0 Å². The quantitative estimate of drug-likeness (QED) is 0.914. The Kier molecular flexibility index (Phi) is 4.77. The molecule has 0 radical (unpaired) electrons. The standard InChI is InChI=1S/C15H20BrN3/c1-11-4-5-12(16)10-13(11)14(17-2)6-7-15-18-8-9-19(15)3/h4-5,8-10,14,17H,6-7H2,1-3H3. The fourth-order valence-electron chi connectivity index (χ4n) is 2.35. The molecule has 1 aromatic heterocycles. The number of imidazole rings is 1. The SMILES string of the molecule is CNC(CCc1nccn1C)c1cc(Br)ccc1C. The summed E-state index contributed by atoms with van der Waals surface area (Å²) in [7, 11) is 4.06. The Balaban J connectivity index is 2.12. The Morgan fingerprint density at radius 3 is 2.84 bits per heavy atom. The normalized spacial score (nSPS) is 12.6. The number of benzene rings is 1. The Morgan fingerprint density at radius 1 is 1.42 bits per heavy atom. The molecule has 0 saturated carbocycles. The van der Waals surface area contributed by atoms with E-state index in [2.05, 4.69) is 55.9 Å². The zero-order chi connectivity index (χ0) is 13.8. The summed E-state index contributed by atoms with van der Waals surface area (Å²) in [6, 6.07) is 6.80. The summed E-state index contributed by atoms with van der Waals surface area (Å²) < 4.78 is 3.21. The monoisotopic (exact) mass is 321 g/mol. The maximum Gasteiger partial charge on any atom is 0.108 e. The smallest absolute Gasteiger partial charge is 0.108 e. The van der Waals surface area contributed by atoms with Crippen LogP contribution in [0.25, 0.3) is 0 Å². The molecule has 19 heavy (non-hydrogen) atoms. The highest BCUT2D eigenvalue weighted by Gasteiger charge is 2.13. The summed E-state index contributed by atoms with van der Waals surface area (Å²) in [5, 5.41) is 3.41. The molecule has 0 fully saturated rings. The van der Waals surface area contributed by atoms with Crippen molar-refractivity contribution in [3.63, 3.8) is 0 Å². The van der Waals surface area contributed by atoms with E-state index >= 15 is 0 Å². The van der Waals surface area contributed by atoms with Gasteiger partial charge in [-0.15, -0.1) is 0 Å². The molecule has 0 bridgehead atoms. The Morgan fingerprint density at radius 2 is 2.21 bits per heavy atom. The van der Waals surface area contributed by atoms with E-state index in [0.29, 0.717) is 6.04 Å². The first-order valence-corrected chi connectivity index (χ1v) is 7.30. The van der Waals surface area contributed by atoms with Crippen molar-refractivity contribution in [2.24, 2.45) is 7.05 Å². The van der Waals surface area contributed by atoms with E-state index in [1.807, 2.05) is 26.5 Å². The topological polar surface area (TPSA) is 29.9 Å². The molecule has 1 heterocycles. The summed E-state index contributed by atoms with van der Waals surface area (Å²) >= 11 is 3.55. The zero-order valence-electron chi connectivity index (χ0n) is 11.7. The first-order valence-electron chi connectivity index (χ1n) is 6.51. The molecule has 0 amide bonds. The molecule has 2 aromatic rings. The van der Waals surface area contributed by atoms with E-state index in [4.69, 9.17) is 0 Å². The van der Waals surface area contributed by atoms with Crippen LogP contribution in [0, 0.1) is 6.92 Å². The molecular formula is C15H20BrN3. The number of hydrogen-bond acceptors (Lipinski definition) is 2. The van der Waals surface area contributed by atoms with Crippen molar-refractivity contribution in [2.45, 2.75) is 25.8 Å². The third-order valence-corrected chi connectivity index (χ3v) is 4.04. The predicted octanol–water partition coefficient (Wildman–Crippen LogP) is 3.38. The number of aryl methyl sites for hydroxylation is 3.